The molecule has 0 aliphatic carbocycles. The molecule has 28 heavy (non-hydrogen) atoms. The van der Waals surface area contributed by atoms with E-state index in [9.17, 15) is 4.79 Å². The molecule has 0 fully saturated rings. The quantitative estimate of drug-likeness (QED) is 0.455. The summed E-state index contributed by atoms with van der Waals surface area (Å²) in [5.74, 6) is 0.760. The molecule has 3 aromatic rings. The maximum atomic E-state index is 12.2. The summed E-state index contributed by atoms with van der Waals surface area (Å²) in [4.78, 5) is 22.9. The van der Waals surface area contributed by atoms with Crippen molar-refractivity contribution in [3.05, 3.63) is 53.6 Å². The first-order chi connectivity index (χ1) is 13.6. The van der Waals surface area contributed by atoms with Crippen molar-refractivity contribution in [1.29, 1.82) is 5.26 Å². The minimum absolute atomic E-state index is 0.0716. The number of carbonyl (C=O) groups excluding carboxylic acids is 1. The van der Waals surface area contributed by atoms with Crippen molar-refractivity contribution in [2.75, 3.05) is 24.7 Å². The van der Waals surface area contributed by atoms with Gasteiger partial charge in [-0.15, -0.1) is 0 Å². The standard InChI is InChI=1S/C20H18ClN5OS/c1-26(12-6-11-22)18(27)13-28-20-24-16-9-4-2-7-14(16)19(25-20)23-17-10-5-3-8-15(17)21/h2-5,7-10H,6,12-13H2,1H3,(H,23,24,25). The van der Waals surface area contributed by atoms with Crippen LogP contribution in [0.4, 0.5) is 11.5 Å². The van der Waals surface area contributed by atoms with Crippen LogP contribution in [0.3, 0.4) is 0 Å². The van der Waals surface area contributed by atoms with Gasteiger partial charge in [0.1, 0.15) is 5.82 Å². The van der Waals surface area contributed by atoms with Crippen molar-refractivity contribution in [2.24, 2.45) is 0 Å². The number of amides is 1. The average molecular weight is 412 g/mol. The van der Waals surface area contributed by atoms with E-state index >= 15 is 0 Å². The van der Waals surface area contributed by atoms with Gasteiger partial charge in [-0.05, 0) is 24.3 Å². The van der Waals surface area contributed by atoms with Gasteiger partial charge >= 0.3 is 0 Å². The van der Waals surface area contributed by atoms with Crippen molar-refractivity contribution in [3.8, 4) is 6.07 Å². The molecule has 142 valence electrons. The van der Waals surface area contributed by atoms with Crippen LogP contribution < -0.4 is 5.32 Å². The Balaban J connectivity index is 1.83. The van der Waals surface area contributed by atoms with E-state index in [1.807, 2.05) is 48.5 Å². The van der Waals surface area contributed by atoms with E-state index in [0.29, 0.717) is 29.0 Å². The van der Waals surface area contributed by atoms with Gasteiger partial charge in [-0.2, -0.15) is 5.26 Å². The van der Waals surface area contributed by atoms with E-state index in [0.717, 1.165) is 16.6 Å². The Kier molecular flexibility index (Phi) is 6.69. The lowest BCUT2D eigenvalue weighted by Gasteiger charge is -2.15. The van der Waals surface area contributed by atoms with Crippen molar-refractivity contribution >= 4 is 51.7 Å². The molecule has 0 atom stereocenters. The van der Waals surface area contributed by atoms with E-state index < -0.39 is 0 Å². The summed E-state index contributed by atoms with van der Waals surface area (Å²) in [5, 5.41) is 13.9. The Bertz CT molecular complexity index is 1040. The number of nitriles is 1. The minimum Gasteiger partial charge on any atom is -0.344 e. The maximum Gasteiger partial charge on any atom is 0.232 e. The van der Waals surface area contributed by atoms with E-state index in [4.69, 9.17) is 16.9 Å². The molecule has 1 aromatic heterocycles. The highest BCUT2D eigenvalue weighted by Gasteiger charge is 2.13. The molecule has 0 aliphatic rings. The Labute approximate surface area is 172 Å². The van der Waals surface area contributed by atoms with E-state index in [2.05, 4.69) is 15.3 Å². The summed E-state index contributed by atoms with van der Waals surface area (Å²) in [6.45, 7) is 0.410. The first kappa shape index (κ1) is 19.9. The Morgan fingerprint density at radius 3 is 2.75 bits per heavy atom. The van der Waals surface area contributed by atoms with Crippen LogP contribution in [-0.4, -0.2) is 40.1 Å². The number of thioether (sulfide) groups is 1. The fourth-order valence-corrected chi connectivity index (χ4v) is 3.46. The van der Waals surface area contributed by atoms with Crippen LogP contribution in [0, 0.1) is 11.3 Å². The molecule has 0 spiro atoms. The molecule has 0 unspecified atom stereocenters. The number of rotatable bonds is 7. The third kappa shape index (κ3) is 4.91. The summed E-state index contributed by atoms with van der Waals surface area (Å²) in [7, 11) is 1.69. The third-order valence-electron chi connectivity index (χ3n) is 4.02. The third-order valence-corrected chi connectivity index (χ3v) is 5.18. The Morgan fingerprint density at radius 1 is 1.21 bits per heavy atom. The van der Waals surface area contributed by atoms with Gasteiger partial charge in [0.05, 0.1) is 34.5 Å². The fraction of sp³-hybridized carbons (Fsp3) is 0.200. The summed E-state index contributed by atoms with van der Waals surface area (Å²) in [6.07, 6.45) is 0.311. The van der Waals surface area contributed by atoms with Gasteiger partial charge in [0.2, 0.25) is 5.91 Å². The SMILES string of the molecule is CN(CCC#N)C(=O)CSc1nc(Nc2ccccc2Cl)c2ccccc2n1. The summed E-state index contributed by atoms with van der Waals surface area (Å²) in [6, 6.07) is 17.1. The maximum absolute atomic E-state index is 12.2. The number of carbonyl (C=O) groups is 1. The fourth-order valence-electron chi connectivity index (χ4n) is 2.48. The number of halogens is 1. The molecule has 3 rings (SSSR count). The molecular weight excluding hydrogens is 394 g/mol. The van der Waals surface area contributed by atoms with E-state index in [-0.39, 0.29) is 11.7 Å². The van der Waals surface area contributed by atoms with Crippen molar-refractivity contribution < 1.29 is 4.79 Å². The summed E-state index contributed by atoms with van der Waals surface area (Å²) >= 11 is 7.52. The number of nitrogens with one attached hydrogen (secondary N) is 1. The number of fused-ring (bicyclic) bond motifs is 1. The molecule has 8 heteroatoms. The molecule has 2 aromatic carbocycles. The lowest BCUT2D eigenvalue weighted by Crippen LogP contribution is -2.29. The molecule has 0 radical (unpaired) electrons. The monoisotopic (exact) mass is 411 g/mol. The number of benzene rings is 2. The smallest absolute Gasteiger partial charge is 0.232 e. The highest BCUT2D eigenvalue weighted by atomic mass is 35.5. The highest BCUT2D eigenvalue weighted by Crippen LogP contribution is 2.29. The van der Waals surface area contributed by atoms with Crippen molar-refractivity contribution in [3.63, 3.8) is 0 Å². The molecular formula is C20H18ClN5OS. The first-order valence-corrected chi connectivity index (χ1v) is 9.97. The van der Waals surface area contributed by atoms with E-state index in [1.54, 1.807) is 18.0 Å². The van der Waals surface area contributed by atoms with Crippen LogP contribution in [0.25, 0.3) is 10.9 Å². The number of aromatic nitrogens is 2. The van der Waals surface area contributed by atoms with Gasteiger partial charge in [0, 0.05) is 19.0 Å². The predicted molar refractivity (Wildman–Crippen MR) is 113 cm³/mol. The number of hydrogen-bond acceptors (Lipinski definition) is 6. The van der Waals surface area contributed by atoms with Crippen LogP contribution in [-0.2, 0) is 4.79 Å². The van der Waals surface area contributed by atoms with Crippen molar-refractivity contribution in [1.82, 2.24) is 14.9 Å². The second kappa shape index (κ2) is 9.40. The molecule has 0 saturated carbocycles. The van der Waals surface area contributed by atoms with Gasteiger partial charge in [-0.1, -0.05) is 47.6 Å². The second-order valence-corrected chi connectivity index (χ2v) is 7.34. The van der Waals surface area contributed by atoms with Gasteiger partial charge < -0.3 is 10.2 Å². The first-order valence-electron chi connectivity index (χ1n) is 8.60. The Morgan fingerprint density at radius 2 is 1.96 bits per heavy atom. The van der Waals surface area contributed by atoms with Crippen LogP contribution >= 0.6 is 23.4 Å². The van der Waals surface area contributed by atoms with Gasteiger partial charge in [-0.25, -0.2) is 9.97 Å². The number of anilines is 2. The molecule has 1 heterocycles. The zero-order valence-electron chi connectivity index (χ0n) is 15.2. The summed E-state index contributed by atoms with van der Waals surface area (Å²) in [5.41, 5.74) is 1.52. The van der Waals surface area contributed by atoms with Gasteiger partial charge in [0.25, 0.3) is 0 Å². The van der Waals surface area contributed by atoms with Gasteiger partial charge in [-0.3, -0.25) is 4.79 Å². The topological polar surface area (TPSA) is 81.9 Å². The van der Waals surface area contributed by atoms with Crippen LogP contribution in [0.15, 0.2) is 53.7 Å². The van der Waals surface area contributed by atoms with Gasteiger partial charge in [0.15, 0.2) is 5.16 Å². The average Bonchev–Trinajstić information content (AvgIpc) is 2.71. The molecule has 0 bridgehead atoms. The molecule has 1 amide bonds. The van der Waals surface area contributed by atoms with E-state index in [1.165, 1.54) is 11.8 Å². The predicted octanol–water partition coefficient (Wildman–Crippen LogP) is 4.49. The minimum atomic E-state index is -0.0716. The lowest BCUT2D eigenvalue weighted by molar-refractivity contribution is -0.127. The van der Waals surface area contributed by atoms with Crippen molar-refractivity contribution in [2.45, 2.75) is 11.6 Å². The van der Waals surface area contributed by atoms with Crippen LogP contribution in [0.2, 0.25) is 5.02 Å². The second-order valence-electron chi connectivity index (χ2n) is 5.99. The Hall–Kier alpha value is -2.82. The van der Waals surface area contributed by atoms with Crippen LogP contribution in [0.5, 0.6) is 0 Å². The molecule has 6 nitrogen and oxygen atoms in total. The number of hydrogen-bond donors (Lipinski definition) is 1. The largest absolute Gasteiger partial charge is 0.344 e. The number of nitrogens with zero attached hydrogens (tertiary/aromatic N) is 4. The normalized spacial score (nSPS) is 10.5. The lowest BCUT2D eigenvalue weighted by atomic mass is 10.2. The highest BCUT2D eigenvalue weighted by molar-refractivity contribution is 7.99. The zero-order chi connectivity index (χ0) is 19.9. The van der Waals surface area contributed by atoms with Crippen LogP contribution in [0.1, 0.15) is 6.42 Å². The molecule has 0 saturated heterocycles. The zero-order valence-corrected chi connectivity index (χ0v) is 16.8. The number of para-hydroxylation sites is 2. The summed E-state index contributed by atoms with van der Waals surface area (Å²) < 4.78 is 0. The molecule has 0 aliphatic heterocycles. The molecule has 1 N–H and O–H groups in total.